The highest BCUT2D eigenvalue weighted by Gasteiger charge is 2.16. The van der Waals surface area contributed by atoms with E-state index >= 15 is 0 Å². The van der Waals surface area contributed by atoms with Gasteiger partial charge in [0.15, 0.2) is 9.84 Å². The normalized spacial score (nSPS) is 12.7. The molecule has 0 unspecified atom stereocenters. The Morgan fingerprint density at radius 3 is 2.50 bits per heavy atom. The lowest BCUT2D eigenvalue weighted by molar-refractivity contribution is 0.146. The van der Waals surface area contributed by atoms with Crippen LogP contribution in [0.3, 0.4) is 0 Å². The zero-order chi connectivity index (χ0) is 17.7. The number of allylic oxidation sites excluding steroid dienone is 2. The standard InChI is InChI=1S/C16H17F2N3O2S/c1-19-10-4-3-5-15-20-14(16(17)18)11-21(15)12-6-8-13(9-7-12)24(2,22)23/h3-4,6-11,16H,5H2,1-2H3/b4-3-,19-10?. The van der Waals surface area contributed by atoms with Crippen molar-refractivity contribution in [1.82, 2.24) is 9.55 Å². The maximum atomic E-state index is 12.9. The molecule has 1 aromatic heterocycles. The number of hydrogen-bond acceptors (Lipinski definition) is 4. The molecule has 2 rings (SSSR count). The summed E-state index contributed by atoms with van der Waals surface area (Å²) in [6.45, 7) is 0. The zero-order valence-corrected chi connectivity index (χ0v) is 14.0. The Hall–Kier alpha value is -2.35. The second kappa shape index (κ2) is 7.48. The predicted octanol–water partition coefficient (Wildman–Crippen LogP) is 3.01. The Labute approximate surface area is 139 Å². The van der Waals surface area contributed by atoms with E-state index in [0.717, 1.165) is 6.26 Å². The molecule has 0 aliphatic heterocycles. The number of alkyl halides is 2. The van der Waals surface area contributed by atoms with Gasteiger partial charge in [0.05, 0.1) is 4.90 Å². The van der Waals surface area contributed by atoms with E-state index in [0.29, 0.717) is 17.9 Å². The molecule has 24 heavy (non-hydrogen) atoms. The molecule has 5 nitrogen and oxygen atoms in total. The predicted molar refractivity (Wildman–Crippen MR) is 88.9 cm³/mol. The van der Waals surface area contributed by atoms with Gasteiger partial charge in [-0.2, -0.15) is 0 Å². The molecule has 0 bridgehead atoms. The van der Waals surface area contributed by atoms with Crippen molar-refractivity contribution in [3.63, 3.8) is 0 Å². The second-order valence-corrected chi connectivity index (χ2v) is 7.07. The number of imidazole rings is 1. The molecule has 128 valence electrons. The Morgan fingerprint density at radius 1 is 1.29 bits per heavy atom. The van der Waals surface area contributed by atoms with E-state index in [1.165, 1.54) is 22.9 Å². The molecule has 0 radical (unpaired) electrons. The van der Waals surface area contributed by atoms with Gasteiger partial charge in [-0.25, -0.2) is 22.2 Å². The van der Waals surface area contributed by atoms with Crippen molar-refractivity contribution in [2.24, 2.45) is 4.99 Å². The van der Waals surface area contributed by atoms with Gasteiger partial charge in [0, 0.05) is 37.8 Å². The largest absolute Gasteiger partial charge is 0.303 e. The molecule has 0 amide bonds. The minimum Gasteiger partial charge on any atom is -0.303 e. The van der Waals surface area contributed by atoms with Crippen LogP contribution in [0.25, 0.3) is 5.69 Å². The molecule has 1 heterocycles. The molecule has 0 N–H and O–H groups in total. The summed E-state index contributed by atoms with van der Waals surface area (Å²) in [5.41, 5.74) is 0.240. The number of sulfone groups is 1. The third-order valence-electron chi connectivity index (χ3n) is 3.24. The molecule has 0 aliphatic rings. The van der Waals surface area contributed by atoms with E-state index < -0.39 is 16.3 Å². The van der Waals surface area contributed by atoms with Crippen molar-refractivity contribution in [3.8, 4) is 5.69 Å². The van der Waals surface area contributed by atoms with Crippen molar-refractivity contribution in [2.45, 2.75) is 17.7 Å². The first kappa shape index (κ1) is 18.0. The van der Waals surface area contributed by atoms with E-state index in [4.69, 9.17) is 0 Å². The molecular formula is C16H17F2N3O2S. The topological polar surface area (TPSA) is 64.3 Å². The second-order valence-electron chi connectivity index (χ2n) is 5.06. The molecule has 0 atom stereocenters. The van der Waals surface area contributed by atoms with Gasteiger partial charge in [-0.05, 0) is 30.3 Å². The number of hydrogen-bond donors (Lipinski definition) is 0. The average Bonchev–Trinajstić information content (AvgIpc) is 2.95. The van der Waals surface area contributed by atoms with Crippen molar-refractivity contribution in [1.29, 1.82) is 0 Å². The van der Waals surface area contributed by atoms with Crippen molar-refractivity contribution >= 4 is 16.1 Å². The third-order valence-corrected chi connectivity index (χ3v) is 4.36. The van der Waals surface area contributed by atoms with Crippen molar-refractivity contribution in [2.75, 3.05) is 13.3 Å². The Balaban J connectivity index is 2.40. The first-order valence-corrected chi connectivity index (χ1v) is 8.96. The molecule has 0 spiro atoms. The fraction of sp³-hybridized carbons (Fsp3) is 0.250. The van der Waals surface area contributed by atoms with Crippen LogP contribution in [-0.2, 0) is 16.3 Å². The van der Waals surface area contributed by atoms with Gasteiger partial charge < -0.3 is 4.57 Å². The summed E-state index contributed by atoms with van der Waals surface area (Å²) in [5.74, 6) is 0.429. The Bertz CT molecular complexity index is 854. The van der Waals surface area contributed by atoms with Crippen LogP contribution in [0, 0.1) is 0 Å². The fourth-order valence-electron chi connectivity index (χ4n) is 2.09. The van der Waals surface area contributed by atoms with Gasteiger partial charge in [0.1, 0.15) is 11.5 Å². The molecular weight excluding hydrogens is 336 g/mol. The zero-order valence-electron chi connectivity index (χ0n) is 13.2. The van der Waals surface area contributed by atoms with E-state index in [1.54, 1.807) is 37.5 Å². The Kier molecular flexibility index (Phi) is 5.61. The molecule has 0 saturated carbocycles. The maximum absolute atomic E-state index is 12.9. The highest BCUT2D eigenvalue weighted by atomic mass is 32.2. The summed E-state index contributed by atoms with van der Waals surface area (Å²) in [6, 6.07) is 6.01. The Morgan fingerprint density at radius 2 is 1.96 bits per heavy atom. The molecule has 8 heteroatoms. The van der Waals surface area contributed by atoms with Crippen LogP contribution in [0.15, 0.2) is 52.5 Å². The van der Waals surface area contributed by atoms with Crippen molar-refractivity contribution < 1.29 is 17.2 Å². The SMILES string of the molecule is CN=C/C=C\Cc1nc(C(F)F)cn1-c1ccc(S(C)(=O)=O)cc1. The van der Waals surface area contributed by atoms with Gasteiger partial charge >= 0.3 is 0 Å². The lowest BCUT2D eigenvalue weighted by atomic mass is 10.3. The smallest absolute Gasteiger partial charge is 0.281 e. The summed E-state index contributed by atoms with van der Waals surface area (Å²) >= 11 is 0. The average molecular weight is 353 g/mol. The minimum absolute atomic E-state index is 0.168. The van der Waals surface area contributed by atoms with E-state index in [9.17, 15) is 17.2 Å². The van der Waals surface area contributed by atoms with Gasteiger partial charge in [-0.15, -0.1) is 0 Å². The highest BCUT2D eigenvalue weighted by Crippen LogP contribution is 2.22. The number of benzene rings is 1. The van der Waals surface area contributed by atoms with Crippen LogP contribution < -0.4 is 0 Å². The summed E-state index contributed by atoms with van der Waals surface area (Å²) < 4.78 is 50.4. The van der Waals surface area contributed by atoms with Gasteiger partial charge in [0.25, 0.3) is 6.43 Å². The van der Waals surface area contributed by atoms with E-state index in [-0.39, 0.29) is 10.6 Å². The van der Waals surface area contributed by atoms with Crippen LogP contribution in [-0.4, -0.2) is 37.5 Å². The summed E-state index contributed by atoms with van der Waals surface area (Å²) in [4.78, 5) is 7.92. The minimum atomic E-state index is -3.31. The number of nitrogens with zero attached hydrogens (tertiary/aromatic N) is 3. The number of aromatic nitrogens is 2. The van der Waals surface area contributed by atoms with E-state index in [1.807, 2.05) is 0 Å². The van der Waals surface area contributed by atoms with E-state index in [2.05, 4.69) is 9.98 Å². The summed E-state index contributed by atoms with van der Waals surface area (Å²) in [5, 5.41) is 0. The quantitative estimate of drug-likeness (QED) is 0.750. The molecule has 0 aliphatic carbocycles. The number of rotatable bonds is 6. The van der Waals surface area contributed by atoms with Gasteiger partial charge in [-0.1, -0.05) is 6.08 Å². The first-order valence-electron chi connectivity index (χ1n) is 7.07. The lowest BCUT2D eigenvalue weighted by Gasteiger charge is -2.07. The van der Waals surface area contributed by atoms with Crippen molar-refractivity contribution in [3.05, 3.63) is 54.1 Å². The van der Waals surface area contributed by atoms with Crippen LogP contribution in [0.2, 0.25) is 0 Å². The highest BCUT2D eigenvalue weighted by molar-refractivity contribution is 7.90. The molecule has 0 saturated heterocycles. The molecule has 2 aromatic rings. The van der Waals surface area contributed by atoms with Crippen LogP contribution >= 0.6 is 0 Å². The summed E-state index contributed by atoms with van der Waals surface area (Å²) in [7, 11) is -1.68. The molecule has 1 aromatic carbocycles. The van der Waals surface area contributed by atoms with Crippen LogP contribution in [0.4, 0.5) is 8.78 Å². The van der Waals surface area contributed by atoms with Gasteiger partial charge in [-0.3, -0.25) is 4.99 Å². The monoisotopic (exact) mass is 353 g/mol. The first-order chi connectivity index (χ1) is 11.3. The summed E-state index contributed by atoms with van der Waals surface area (Å²) in [6.07, 6.45) is 5.08. The number of aliphatic imine (C=N–C) groups is 1. The van der Waals surface area contributed by atoms with Gasteiger partial charge in [0.2, 0.25) is 0 Å². The lowest BCUT2D eigenvalue weighted by Crippen LogP contribution is -2.01. The molecule has 0 fully saturated rings. The fourth-order valence-corrected chi connectivity index (χ4v) is 2.72. The number of halogens is 2. The third kappa shape index (κ3) is 4.35. The van der Waals surface area contributed by atoms with Crippen LogP contribution in [0.5, 0.6) is 0 Å². The maximum Gasteiger partial charge on any atom is 0.281 e. The van der Waals surface area contributed by atoms with Crippen LogP contribution in [0.1, 0.15) is 17.9 Å².